The van der Waals surface area contributed by atoms with Gasteiger partial charge in [0.15, 0.2) is 16.8 Å². The molecular weight excluding hydrogens is 307 g/mol. The van der Waals surface area contributed by atoms with E-state index in [-0.39, 0.29) is 0 Å². The summed E-state index contributed by atoms with van der Waals surface area (Å²) >= 11 is 9.14. The van der Waals surface area contributed by atoms with Crippen molar-refractivity contribution in [3.05, 3.63) is 27.6 Å². The SMILES string of the molecule is OC1CCCn2c(-c3ccc(Cl)o3)nc(Br)c21. The summed E-state index contributed by atoms with van der Waals surface area (Å²) in [6, 6.07) is 3.47. The number of fused-ring (bicyclic) bond motifs is 1. The first kappa shape index (κ1) is 11.3. The number of imidazole rings is 1. The lowest BCUT2D eigenvalue weighted by atomic mass is 10.1. The van der Waals surface area contributed by atoms with Gasteiger partial charge in [-0.25, -0.2) is 4.98 Å². The lowest BCUT2D eigenvalue weighted by Gasteiger charge is -2.21. The Hall–Kier alpha value is -0.780. The van der Waals surface area contributed by atoms with E-state index in [4.69, 9.17) is 16.0 Å². The summed E-state index contributed by atoms with van der Waals surface area (Å²) < 4.78 is 8.02. The molecule has 0 radical (unpaired) electrons. The van der Waals surface area contributed by atoms with Crippen LogP contribution in [0.5, 0.6) is 0 Å². The largest absolute Gasteiger partial charge is 0.441 e. The van der Waals surface area contributed by atoms with E-state index in [9.17, 15) is 5.11 Å². The second kappa shape index (κ2) is 4.15. The molecule has 2 aromatic heterocycles. The summed E-state index contributed by atoms with van der Waals surface area (Å²) in [5.41, 5.74) is 0.818. The summed E-state index contributed by atoms with van der Waals surface area (Å²) in [7, 11) is 0. The maximum atomic E-state index is 9.96. The molecule has 2 aromatic rings. The molecule has 1 aliphatic rings. The normalized spacial score (nSPS) is 19.4. The van der Waals surface area contributed by atoms with Crippen LogP contribution in [0.3, 0.4) is 0 Å². The minimum Gasteiger partial charge on any atom is -0.441 e. The third kappa shape index (κ3) is 1.82. The van der Waals surface area contributed by atoms with Crippen LogP contribution in [0.2, 0.25) is 5.22 Å². The van der Waals surface area contributed by atoms with E-state index in [2.05, 4.69) is 20.9 Å². The number of hydrogen-bond donors (Lipinski definition) is 1. The van der Waals surface area contributed by atoms with Gasteiger partial charge in [-0.3, -0.25) is 0 Å². The Bertz CT molecular complexity index is 564. The predicted molar refractivity (Wildman–Crippen MR) is 66.8 cm³/mol. The van der Waals surface area contributed by atoms with Gasteiger partial charge in [-0.2, -0.15) is 0 Å². The van der Waals surface area contributed by atoms with Gasteiger partial charge in [-0.1, -0.05) is 0 Å². The molecule has 0 saturated carbocycles. The summed E-state index contributed by atoms with van der Waals surface area (Å²) in [5.74, 6) is 1.33. The summed E-state index contributed by atoms with van der Waals surface area (Å²) in [4.78, 5) is 4.39. The van der Waals surface area contributed by atoms with Crippen LogP contribution in [0.4, 0.5) is 0 Å². The van der Waals surface area contributed by atoms with Crippen LogP contribution in [0.1, 0.15) is 24.6 Å². The zero-order valence-electron chi connectivity index (χ0n) is 8.86. The Morgan fingerprint density at radius 1 is 1.53 bits per heavy atom. The Morgan fingerprint density at radius 2 is 2.35 bits per heavy atom. The first-order valence-corrected chi connectivity index (χ1v) is 6.53. The molecule has 0 bridgehead atoms. The Balaban J connectivity index is 2.16. The number of aromatic nitrogens is 2. The molecule has 0 amide bonds. The molecule has 1 N–H and O–H groups in total. The monoisotopic (exact) mass is 316 g/mol. The van der Waals surface area contributed by atoms with Crippen molar-refractivity contribution in [1.29, 1.82) is 0 Å². The zero-order chi connectivity index (χ0) is 12.0. The topological polar surface area (TPSA) is 51.2 Å². The average molecular weight is 318 g/mol. The number of aliphatic hydroxyl groups is 1. The second-order valence-electron chi connectivity index (χ2n) is 4.02. The Labute approximate surface area is 111 Å². The molecule has 0 fully saturated rings. The maximum absolute atomic E-state index is 9.96. The van der Waals surface area contributed by atoms with Crippen LogP contribution in [-0.4, -0.2) is 14.7 Å². The molecule has 4 nitrogen and oxygen atoms in total. The minimum atomic E-state index is -0.468. The zero-order valence-corrected chi connectivity index (χ0v) is 11.2. The molecule has 17 heavy (non-hydrogen) atoms. The third-order valence-corrected chi connectivity index (χ3v) is 3.72. The molecule has 0 saturated heterocycles. The quantitative estimate of drug-likeness (QED) is 0.877. The van der Waals surface area contributed by atoms with Crippen molar-refractivity contribution < 1.29 is 9.52 Å². The van der Waals surface area contributed by atoms with Crippen molar-refractivity contribution in [3.8, 4) is 11.6 Å². The molecule has 0 aromatic carbocycles. The lowest BCUT2D eigenvalue weighted by molar-refractivity contribution is 0.138. The minimum absolute atomic E-state index is 0.338. The standard InChI is InChI=1S/C11H10BrClN2O2/c12-10-9-6(16)2-1-5-15(9)11(14-10)7-3-4-8(13)17-7/h3-4,6,16H,1-2,5H2. The van der Waals surface area contributed by atoms with E-state index >= 15 is 0 Å². The highest BCUT2D eigenvalue weighted by molar-refractivity contribution is 9.10. The molecule has 1 atom stereocenters. The molecule has 1 aliphatic heterocycles. The Morgan fingerprint density at radius 3 is 3.06 bits per heavy atom. The van der Waals surface area contributed by atoms with E-state index in [0.717, 1.165) is 25.1 Å². The molecule has 3 heterocycles. The van der Waals surface area contributed by atoms with Crippen molar-refractivity contribution in [3.63, 3.8) is 0 Å². The van der Waals surface area contributed by atoms with Crippen LogP contribution in [-0.2, 0) is 6.54 Å². The van der Waals surface area contributed by atoms with Gasteiger partial charge in [0.2, 0.25) is 0 Å². The van der Waals surface area contributed by atoms with Gasteiger partial charge in [-0.15, -0.1) is 0 Å². The molecule has 0 spiro atoms. The van der Waals surface area contributed by atoms with Gasteiger partial charge in [0.25, 0.3) is 0 Å². The van der Waals surface area contributed by atoms with Crippen LogP contribution >= 0.6 is 27.5 Å². The number of hydrogen-bond acceptors (Lipinski definition) is 3. The predicted octanol–water partition coefficient (Wildman–Crippen LogP) is 3.39. The number of furan rings is 1. The number of halogens is 2. The average Bonchev–Trinajstić information content (AvgIpc) is 2.84. The van der Waals surface area contributed by atoms with E-state index in [0.29, 0.717) is 21.4 Å². The van der Waals surface area contributed by atoms with Gasteiger partial charge < -0.3 is 14.1 Å². The fourth-order valence-corrected chi connectivity index (χ4v) is 2.97. The summed E-state index contributed by atoms with van der Waals surface area (Å²) in [6.07, 6.45) is 1.23. The third-order valence-electron chi connectivity index (χ3n) is 2.93. The van der Waals surface area contributed by atoms with Crippen molar-refractivity contribution in [2.24, 2.45) is 0 Å². The van der Waals surface area contributed by atoms with Crippen molar-refractivity contribution in [2.75, 3.05) is 0 Å². The molecule has 1 unspecified atom stereocenters. The highest BCUT2D eigenvalue weighted by Crippen LogP contribution is 2.36. The van der Waals surface area contributed by atoms with Gasteiger partial charge in [0.1, 0.15) is 4.60 Å². The van der Waals surface area contributed by atoms with Crippen LogP contribution in [0.15, 0.2) is 21.2 Å². The van der Waals surface area contributed by atoms with Gasteiger partial charge >= 0.3 is 0 Å². The van der Waals surface area contributed by atoms with E-state index < -0.39 is 6.10 Å². The van der Waals surface area contributed by atoms with E-state index in [1.807, 2.05) is 4.57 Å². The summed E-state index contributed by atoms with van der Waals surface area (Å²) in [6.45, 7) is 0.832. The second-order valence-corrected chi connectivity index (χ2v) is 5.15. The highest BCUT2D eigenvalue weighted by Gasteiger charge is 2.27. The first-order chi connectivity index (χ1) is 8.16. The lowest BCUT2D eigenvalue weighted by Crippen LogP contribution is -2.15. The van der Waals surface area contributed by atoms with Gasteiger partial charge in [-0.05, 0) is 52.5 Å². The van der Waals surface area contributed by atoms with Crippen molar-refractivity contribution in [2.45, 2.75) is 25.5 Å². The fraction of sp³-hybridized carbons (Fsp3) is 0.364. The maximum Gasteiger partial charge on any atom is 0.194 e. The number of rotatable bonds is 1. The van der Waals surface area contributed by atoms with Crippen LogP contribution < -0.4 is 0 Å². The summed E-state index contributed by atoms with van der Waals surface area (Å²) in [5, 5.41) is 10.3. The number of aliphatic hydroxyl groups excluding tert-OH is 1. The van der Waals surface area contributed by atoms with Crippen LogP contribution in [0.25, 0.3) is 11.6 Å². The van der Waals surface area contributed by atoms with Gasteiger partial charge in [0.05, 0.1) is 11.8 Å². The molecule has 3 rings (SSSR count). The van der Waals surface area contributed by atoms with Crippen molar-refractivity contribution >= 4 is 27.5 Å². The molecule has 90 valence electrons. The van der Waals surface area contributed by atoms with Gasteiger partial charge in [0, 0.05) is 6.54 Å². The van der Waals surface area contributed by atoms with E-state index in [1.165, 1.54) is 0 Å². The number of nitrogens with zero attached hydrogens (tertiary/aromatic N) is 2. The smallest absolute Gasteiger partial charge is 0.194 e. The van der Waals surface area contributed by atoms with Crippen LogP contribution in [0, 0.1) is 0 Å². The molecule has 0 aliphatic carbocycles. The van der Waals surface area contributed by atoms with Crippen molar-refractivity contribution in [1.82, 2.24) is 9.55 Å². The van der Waals surface area contributed by atoms with E-state index in [1.54, 1.807) is 12.1 Å². The fourth-order valence-electron chi connectivity index (χ4n) is 2.18. The highest BCUT2D eigenvalue weighted by atomic mass is 79.9. The first-order valence-electron chi connectivity index (χ1n) is 5.36. The Kier molecular flexibility index (Phi) is 2.77. The molecular formula is C11H10BrClN2O2. The molecule has 6 heteroatoms.